The average molecular weight is 241 g/mol. The van der Waals surface area contributed by atoms with Crippen molar-refractivity contribution in [1.29, 1.82) is 0 Å². The summed E-state index contributed by atoms with van der Waals surface area (Å²) < 4.78 is 27.1. The van der Waals surface area contributed by atoms with Crippen molar-refractivity contribution in [3.8, 4) is 0 Å². The first-order chi connectivity index (χ1) is 8.00. The lowest BCUT2D eigenvalue weighted by molar-refractivity contribution is 0.0690. The van der Waals surface area contributed by atoms with Crippen LogP contribution in [0.4, 0.5) is 14.5 Å². The molecule has 0 aromatic heterocycles. The van der Waals surface area contributed by atoms with E-state index in [-0.39, 0.29) is 5.69 Å². The van der Waals surface area contributed by atoms with Gasteiger partial charge < -0.3 is 10.0 Å². The summed E-state index contributed by atoms with van der Waals surface area (Å²) in [6.45, 7) is 0.669. The van der Waals surface area contributed by atoms with E-state index < -0.39 is 23.2 Å². The van der Waals surface area contributed by atoms with E-state index in [1.54, 1.807) is 11.9 Å². The van der Waals surface area contributed by atoms with Crippen molar-refractivity contribution in [1.82, 2.24) is 0 Å². The van der Waals surface area contributed by atoms with Crippen LogP contribution < -0.4 is 4.90 Å². The van der Waals surface area contributed by atoms with Crippen LogP contribution in [0.25, 0.3) is 0 Å². The topological polar surface area (TPSA) is 40.5 Å². The first-order valence-electron chi connectivity index (χ1n) is 5.43. The highest BCUT2D eigenvalue weighted by molar-refractivity contribution is 5.88. The molecule has 17 heavy (non-hydrogen) atoms. The molecule has 1 saturated carbocycles. The van der Waals surface area contributed by atoms with Crippen LogP contribution in [0.1, 0.15) is 23.2 Å². The molecule has 0 spiro atoms. The van der Waals surface area contributed by atoms with Gasteiger partial charge in [-0.1, -0.05) is 0 Å². The van der Waals surface area contributed by atoms with Crippen LogP contribution in [0.3, 0.4) is 0 Å². The van der Waals surface area contributed by atoms with Gasteiger partial charge in [-0.05, 0) is 30.9 Å². The van der Waals surface area contributed by atoms with Gasteiger partial charge in [-0.25, -0.2) is 13.6 Å². The summed E-state index contributed by atoms with van der Waals surface area (Å²) in [4.78, 5) is 12.2. The van der Waals surface area contributed by atoms with Crippen LogP contribution in [0.2, 0.25) is 0 Å². The first kappa shape index (κ1) is 11.8. The van der Waals surface area contributed by atoms with Gasteiger partial charge in [-0.15, -0.1) is 0 Å². The van der Waals surface area contributed by atoms with Gasteiger partial charge in [-0.2, -0.15) is 0 Å². The third kappa shape index (κ3) is 2.38. The van der Waals surface area contributed by atoms with E-state index in [1.165, 1.54) is 6.07 Å². The van der Waals surface area contributed by atoms with Crippen LogP contribution >= 0.6 is 0 Å². The maximum Gasteiger partial charge on any atom is 0.338 e. The van der Waals surface area contributed by atoms with E-state index >= 15 is 0 Å². The fourth-order valence-electron chi connectivity index (χ4n) is 1.79. The highest BCUT2D eigenvalue weighted by Gasteiger charge is 2.25. The monoisotopic (exact) mass is 241 g/mol. The van der Waals surface area contributed by atoms with E-state index in [1.807, 2.05) is 0 Å². The molecule has 5 heteroatoms. The Morgan fingerprint density at radius 3 is 2.59 bits per heavy atom. The van der Waals surface area contributed by atoms with Gasteiger partial charge in [-0.3, -0.25) is 0 Å². The summed E-state index contributed by atoms with van der Waals surface area (Å²) in [5.74, 6) is -3.30. The molecule has 3 nitrogen and oxygen atoms in total. The molecule has 1 aromatic carbocycles. The van der Waals surface area contributed by atoms with Gasteiger partial charge in [0, 0.05) is 13.6 Å². The van der Waals surface area contributed by atoms with Crippen molar-refractivity contribution in [3.63, 3.8) is 0 Å². The molecular weight excluding hydrogens is 228 g/mol. The summed E-state index contributed by atoms with van der Waals surface area (Å²) in [7, 11) is 1.68. The van der Waals surface area contributed by atoms with Crippen molar-refractivity contribution < 1.29 is 18.7 Å². The van der Waals surface area contributed by atoms with E-state index in [0.29, 0.717) is 12.5 Å². The average Bonchev–Trinajstić information content (AvgIpc) is 3.05. The normalized spacial score (nSPS) is 14.8. The van der Waals surface area contributed by atoms with Gasteiger partial charge >= 0.3 is 5.97 Å². The number of hydrogen-bond donors (Lipinski definition) is 1. The molecule has 0 amide bonds. The largest absolute Gasteiger partial charge is 0.478 e. The van der Waals surface area contributed by atoms with E-state index in [4.69, 9.17) is 5.11 Å². The quantitative estimate of drug-likeness (QED) is 0.880. The molecule has 0 heterocycles. The number of anilines is 1. The molecule has 1 aliphatic rings. The molecule has 1 aliphatic carbocycles. The summed E-state index contributed by atoms with van der Waals surface area (Å²) in [5, 5.41) is 8.65. The number of carboxylic acid groups (broad SMARTS) is 1. The number of hydrogen-bond acceptors (Lipinski definition) is 2. The predicted octanol–water partition coefficient (Wildman–Crippen LogP) is 2.51. The van der Waals surface area contributed by atoms with Gasteiger partial charge in [0.15, 0.2) is 11.6 Å². The fourth-order valence-corrected chi connectivity index (χ4v) is 1.79. The van der Waals surface area contributed by atoms with Crippen LogP contribution in [-0.2, 0) is 0 Å². The zero-order valence-electron chi connectivity index (χ0n) is 9.41. The molecule has 1 aromatic rings. The minimum Gasteiger partial charge on any atom is -0.478 e. The molecule has 0 saturated heterocycles. The molecule has 0 aliphatic heterocycles. The van der Waals surface area contributed by atoms with Crippen molar-refractivity contribution in [2.75, 3.05) is 18.5 Å². The summed E-state index contributed by atoms with van der Waals surface area (Å²) >= 11 is 0. The summed E-state index contributed by atoms with van der Waals surface area (Å²) in [5.41, 5.74) is -0.523. The number of benzene rings is 1. The van der Waals surface area contributed by atoms with Gasteiger partial charge in [0.2, 0.25) is 0 Å². The highest BCUT2D eigenvalue weighted by atomic mass is 19.2. The first-order valence-corrected chi connectivity index (χ1v) is 5.43. The van der Waals surface area contributed by atoms with Crippen LogP contribution in [0.5, 0.6) is 0 Å². The predicted molar refractivity (Wildman–Crippen MR) is 59.3 cm³/mol. The second-order valence-corrected chi connectivity index (χ2v) is 4.39. The van der Waals surface area contributed by atoms with Crippen molar-refractivity contribution >= 4 is 11.7 Å². The molecule has 2 rings (SSSR count). The second-order valence-electron chi connectivity index (χ2n) is 4.39. The smallest absolute Gasteiger partial charge is 0.338 e. The number of halogens is 2. The molecule has 0 unspecified atom stereocenters. The maximum absolute atomic E-state index is 13.7. The lowest BCUT2D eigenvalue weighted by Crippen LogP contribution is -2.22. The Morgan fingerprint density at radius 2 is 2.06 bits per heavy atom. The van der Waals surface area contributed by atoms with E-state index in [0.717, 1.165) is 18.9 Å². The zero-order chi connectivity index (χ0) is 12.6. The molecule has 0 radical (unpaired) electrons. The number of rotatable bonds is 4. The van der Waals surface area contributed by atoms with Gasteiger partial charge in [0.1, 0.15) is 0 Å². The van der Waals surface area contributed by atoms with Crippen molar-refractivity contribution in [2.24, 2.45) is 5.92 Å². The Bertz CT molecular complexity index is 458. The summed E-state index contributed by atoms with van der Waals surface area (Å²) in [6.07, 6.45) is 2.23. The lowest BCUT2D eigenvalue weighted by atomic mass is 10.1. The van der Waals surface area contributed by atoms with Gasteiger partial charge in [0.25, 0.3) is 0 Å². The third-order valence-corrected chi connectivity index (χ3v) is 2.93. The minimum absolute atomic E-state index is 0.111. The Labute approximate surface area is 97.7 Å². The standard InChI is InChI=1S/C12H13F2NO2/c1-15(6-7-2-3-7)9-5-4-8(12(16)17)10(13)11(9)14/h4-5,7H,2-3,6H2,1H3,(H,16,17). The minimum atomic E-state index is -1.46. The number of nitrogens with zero attached hydrogens (tertiary/aromatic N) is 1. The molecule has 92 valence electrons. The number of carboxylic acids is 1. The molecule has 0 atom stereocenters. The molecule has 1 fully saturated rings. The highest BCUT2D eigenvalue weighted by Crippen LogP contribution is 2.32. The number of aromatic carboxylic acids is 1. The Kier molecular flexibility index (Phi) is 3.00. The lowest BCUT2D eigenvalue weighted by Gasteiger charge is -2.20. The van der Waals surface area contributed by atoms with Gasteiger partial charge in [0.05, 0.1) is 11.3 Å². The fraction of sp³-hybridized carbons (Fsp3) is 0.417. The van der Waals surface area contributed by atoms with Crippen LogP contribution in [-0.4, -0.2) is 24.7 Å². The number of carbonyl (C=O) groups is 1. The van der Waals surface area contributed by atoms with E-state index in [2.05, 4.69) is 0 Å². The molecule has 0 bridgehead atoms. The SMILES string of the molecule is CN(CC1CC1)c1ccc(C(=O)O)c(F)c1F. The Balaban J connectivity index is 2.28. The van der Waals surface area contributed by atoms with Crippen molar-refractivity contribution in [2.45, 2.75) is 12.8 Å². The Hall–Kier alpha value is -1.65. The third-order valence-electron chi connectivity index (χ3n) is 2.93. The van der Waals surface area contributed by atoms with Crippen LogP contribution in [0, 0.1) is 17.6 Å². The maximum atomic E-state index is 13.7. The van der Waals surface area contributed by atoms with E-state index in [9.17, 15) is 13.6 Å². The zero-order valence-corrected chi connectivity index (χ0v) is 9.41. The van der Waals surface area contributed by atoms with Crippen LogP contribution in [0.15, 0.2) is 12.1 Å². The van der Waals surface area contributed by atoms with Crippen molar-refractivity contribution in [3.05, 3.63) is 29.3 Å². The molecule has 1 N–H and O–H groups in total. The Morgan fingerprint density at radius 1 is 1.41 bits per heavy atom. The second kappa shape index (κ2) is 4.31. The molecular formula is C12H13F2NO2. The summed E-state index contributed by atoms with van der Waals surface area (Å²) in [6, 6.07) is 2.41.